The first-order valence-corrected chi connectivity index (χ1v) is 3.22. The number of rotatable bonds is 0. The Balaban J connectivity index is 2.64. The van der Waals surface area contributed by atoms with Gasteiger partial charge in [-0.1, -0.05) is 11.8 Å². The van der Waals surface area contributed by atoms with E-state index in [1.54, 1.807) is 5.41 Å². The standard InChI is InChI=1S/C5H7FOS/c1-5(7)4(6)2-3-8-5/h2-4,7H,1H3. The van der Waals surface area contributed by atoms with E-state index in [4.69, 9.17) is 5.11 Å². The molecule has 1 aliphatic heterocycles. The number of halogens is 1. The lowest BCUT2D eigenvalue weighted by molar-refractivity contribution is 0.0904. The van der Waals surface area contributed by atoms with Crippen LogP contribution in [0.1, 0.15) is 6.92 Å². The van der Waals surface area contributed by atoms with Crippen molar-refractivity contribution in [3.05, 3.63) is 11.5 Å². The zero-order valence-corrected chi connectivity index (χ0v) is 5.28. The van der Waals surface area contributed by atoms with Gasteiger partial charge in [-0.3, -0.25) is 0 Å². The van der Waals surface area contributed by atoms with Gasteiger partial charge in [0.2, 0.25) is 0 Å². The van der Waals surface area contributed by atoms with E-state index in [-0.39, 0.29) is 0 Å². The van der Waals surface area contributed by atoms with E-state index in [1.807, 2.05) is 0 Å². The van der Waals surface area contributed by atoms with Crippen LogP contribution >= 0.6 is 11.8 Å². The zero-order chi connectivity index (χ0) is 6.20. The summed E-state index contributed by atoms with van der Waals surface area (Å²) in [6.45, 7) is 1.46. The average Bonchev–Trinajstić information content (AvgIpc) is 1.86. The van der Waals surface area contributed by atoms with Crippen LogP contribution in [-0.4, -0.2) is 16.2 Å². The van der Waals surface area contributed by atoms with Gasteiger partial charge < -0.3 is 5.11 Å². The zero-order valence-electron chi connectivity index (χ0n) is 4.47. The summed E-state index contributed by atoms with van der Waals surface area (Å²) in [5, 5.41) is 10.6. The van der Waals surface area contributed by atoms with Gasteiger partial charge in [-0.25, -0.2) is 4.39 Å². The predicted octanol–water partition coefficient (Wildman–Crippen LogP) is 1.29. The third-order valence-electron chi connectivity index (χ3n) is 1.07. The topological polar surface area (TPSA) is 20.2 Å². The summed E-state index contributed by atoms with van der Waals surface area (Å²) in [5.74, 6) is 0. The number of thioether (sulfide) groups is 1. The van der Waals surface area contributed by atoms with Crippen molar-refractivity contribution < 1.29 is 9.50 Å². The smallest absolute Gasteiger partial charge is 0.157 e. The van der Waals surface area contributed by atoms with E-state index in [2.05, 4.69) is 0 Å². The maximum atomic E-state index is 12.3. The number of hydrogen-bond acceptors (Lipinski definition) is 2. The van der Waals surface area contributed by atoms with Crippen LogP contribution in [0.25, 0.3) is 0 Å². The summed E-state index contributed by atoms with van der Waals surface area (Å²) in [6, 6.07) is 0. The summed E-state index contributed by atoms with van der Waals surface area (Å²) in [7, 11) is 0. The van der Waals surface area contributed by atoms with Crippen molar-refractivity contribution in [3.63, 3.8) is 0 Å². The molecule has 0 amide bonds. The van der Waals surface area contributed by atoms with Gasteiger partial charge in [0, 0.05) is 0 Å². The number of aliphatic hydroxyl groups is 1. The molecule has 0 bridgehead atoms. The molecule has 0 aromatic rings. The van der Waals surface area contributed by atoms with Crippen LogP contribution in [0.15, 0.2) is 11.5 Å². The fraction of sp³-hybridized carbons (Fsp3) is 0.600. The molecular formula is C5H7FOS. The minimum absolute atomic E-state index is 1.11. The maximum Gasteiger partial charge on any atom is 0.157 e. The fourth-order valence-electron chi connectivity index (χ4n) is 0.490. The van der Waals surface area contributed by atoms with Crippen LogP contribution in [0.5, 0.6) is 0 Å². The molecule has 0 saturated carbocycles. The summed E-state index contributed by atoms with van der Waals surface area (Å²) in [4.78, 5) is -1.21. The Morgan fingerprint density at radius 2 is 2.50 bits per heavy atom. The Morgan fingerprint density at radius 3 is 2.62 bits per heavy atom. The summed E-state index contributed by atoms with van der Waals surface area (Å²) >= 11 is 1.11. The Labute approximate surface area is 51.6 Å². The van der Waals surface area contributed by atoms with Crippen LogP contribution in [0.4, 0.5) is 4.39 Å². The van der Waals surface area contributed by atoms with Crippen molar-refractivity contribution >= 4 is 11.8 Å². The first kappa shape index (κ1) is 6.11. The molecule has 1 heterocycles. The first-order valence-electron chi connectivity index (χ1n) is 2.34. The van der Waals surface area contributed by atoms with Crippen LogP contribution in [0.2, 0.25) is 0 Å². The molecule has 0 radical (unpaired) electrons. The molecule has 0 fully saturated rings. The lowest BCUT2D eigenvalue weighted by Crippen LogP contribution is -2.26. The van der Waals surface area contributed by atoms with Crippen molar-refractivity contribution in [2.45, 2.75) is 18.0 Å². The number of alkyl halides is 1. The van der Waals surface area contributed by atoms with Crippen LogP contribution in [0.3, 0.4) is 0 Å². The minimum atomic E-state index is -1.21. The van der Waals surface area contributed by atoms with Gasteiger partial charge in [-0.15, -0.1) is 0 Å². The SMILES string of the molecule is CC1(O)SC=CC1F. The van der Waals surface area contributed by atoms with Crippen molar-refractivity contribution in [1.82, 2.24) is 0 Å². The summed E-state index contributed by atoms with van der Waals surface area (Å²) in [6.07, 6.45) is 0.150. The highest BCUT2D eigenvalue weighted by Gasteiger charge is 2.33. The Hall–Kier alpha value is -0.0200. The molecule has 2 unspecified atom stereocenters. The average molecular weight is 134 g/mol. The molecule has 1 N–H and O–H groups in total. The van der Waals surface area contributed by atoms with Gasteiger partial charge in [0.05, 0.1) is 0 Å². The van der Waals surface area contributed by atoms with E-state index in [0.717, 1.165) is 11.8 Å². The quantitative estimate of drug-likeness (QED) is 0.538. The first-order chi connectivity index (χ1) is 3.63. The van der Waals surface area contributed by atoms with E-state index < -0.39 is 11.1 Å². The monoisotopic (exact) mass is 134 g/mol. The van der Waals surface area contributed by atoms with Gasteiger partial charge >= 0.3 is 0 Å². The van der Waals surface area contributed by atoms with E-state index in [1.165, 1.54) is 13.0 Å². The molecule has 8 heavy (non-hydrogen) atoms. The van der Waals surface area contributed by atoms with E-state index in [9.17, 15) is 4.39 Å². The van der Waals surface area contributed by atoms with Crippen molar-refractivity contribution in [1.29, 1.82) is 0 Å². The molecule has 1 nitrogen and oxygen atoms in total. The summed E-state index contributed by atoms with van der Waals surface area (Å²) in [5.41, 5.74) is 0. The molecule has 0 spiro atoms. The van der Waals surface area contributed by atoms with E-state index >= 15 is 0 Å². The molecule has 2 atom stereocenters. The second kappa shape index (κ2) is 1.74. The van der Waals surface area contributed by atoms with Gasteiger partial charge in [0.25, 0.3) is 0 Å². The highest BCUT2D eigenvalue weighted by molar-refractivity contribution is 8.03. The van der Waals surface area contributed by atoms with Crippen molar-refractivity contribution in [2.24, 2.45) is 0 Å². The maximum absolute atomic E-state index is 12.3. The molecule has 1 rings (SSSR count). The van der Waals surface area contributed by atoms with Crippen LogP contribution in [0, 0.1) is 0 Å². The second-order valence-electron chi connectivity index (χ2n) is 1.90. The molecule has 0 aromatic heterocycles. The van der Waals surface area contributed by atoms with E-state index in [0.29, 0.717) is 0 Å². The largest absolute Gasteiger partial charge is 0.376 e. The van der Waals surface area contributed by atoms with Gasteiger partial charge in [0.1, 0.15) is 4.93 Å². The van der Waals surface area contributed by atoms with Crippen molar-refractivity contribution in [3.8, 4) is 0 Å². The third-order valence-corrected chi connectivity index (χ3v) is 2.06. The second-order valence-corrected chi connectivity index (χ2v) is 3.24. The third kappa shape index (κ3) is 0.880. The predicted molar refractivity (Wildman–Crippen MR) is 32.3 cm³/mol. The Bertz CT molecular complexity index is 122. The molecule has 0 saturated heterocycles. The lowest BCUT2D eigenvalue weighted by Gasteiger charge is -2.16. The van der Waals surface area contributed by atoms with Crippen molar-refractivity contribution in [2.75, 3.05) is 0 Å². The van der Waals surface area contributed by atoms with Gasteiger partial charge in [-0.05, 0) is 18.4 Å². The number of hydrogen-bond donors (Lipinski definition) is 1. The van der Waals surface area contributed by atoms with Gasteiger partial charge in [0.15, 0.2) is 6.17 Å². The molecule has 3 heteroatoms. The highest BCUT2D eigenvalue weighted by Crippen LogP contribution is 2.35. The highest BCUT2D eigenvalue weighted by atomic mass is 32.2. The Morgan fingerprint density at radius 1 is 1.88 bits per heavy atom. The molecule has 0 aromatic carbocycles. The molecule has 46 valence electrons. The summed E-state index contributed by atoms with van der Waals surface area (Å²) < 4.78 is 12.3. The molecule has 1 aliphatic rings. The fourth-order valence-corrected chi connectivity index (χ4v) is 1.19. The molecule has 0 aliphatic carbocycles. The van der Waals surface area contributed by atoms with Crippen LogP contribution in [-0.2, 0) is 0 Å². The minimum Gasteiger partial charge on any atom is -0.376 e. The molecular weight excluding hydrogens is 127 g/mol. The van der Waals surface area contributed by atoms with Gasteiger partial charge in [-0.2, -0.15) is 0 Å². The Kier molecular flexibility index (Phi) is 1.33. The van der Waals surface area contributed by atoms with Crippen LogP contribution < -0.4 is 0 Å². The normalized spacial score (nSPS) is 45.6. The lowest BCUT2D eigenvalue weighted by atomic mass is 10.2.